The predicted molar refractivity (Wildman–Crippen MR) is 167 cm³/mol. The van der Waals surface area contributed by atoms with Gasteiger partial charge in [0.1, 0.15) is 5.82 Å². The molecule has 43 heavy (non-hydrogen) atoms. The van der Waals surface area contributed by atoms with Crippen LogP contribution in [0.2, 0.25) is 10.0 Å². The molecule has 0 spiro atoms. The summed E-state index contributed by atoms with van der Waals surface area (Å²) in [6.45, 7) is 1.82. The summed E-state index contributed by atoms with van der Waals surface area (Å²) in [4.78, 5) is 27.8. The van der Waals surface area contributed by atoms with Crippen LogP contribution in [-0.4, -0.2) is 34.8 Å². The molecule has 0 saturated carbocycles. The summed E-state index contributed by atoms with van der Waals surface area (Å²) in [5.74, 6) is -0.499. The van der Waals surface area contributed by atoms with Crippen LogP contribution in [0.5, 0.6) is 0 Å². The maximum atomic E-state index is 12.9. The van der Waals surface area contributed by atoms with Crippen LogP contribution < -0.4 is 4.72 Å². The van der Waals surface area contributed by atoms with Crippen LogP contribution in [0.3, 0.4) is 0 Å². The second-order valence-electron chi connectivity index (χ2n) is 9.86. The number of carbonyl (C=O) groups excluding carboxylic acids is 1. The molecule has 0 saturated heterocycles. The van der Waals surface area contributed by atoms with E-state index in [-0.39, 0.29) is 16.2 Å². The molecular formula is C32H25Cl2N3O5S. The van der Waals surface area contributed by atoms with E-state index in [9.17, 15) is 23.1 Å². The van der Waals surface area contributed by atoms with E-state index < -0.39 is 16.0 Å². The quantitative estimate of drug-likeness (QED) is 0.157. The Bertz CT molecular complexity index is 1940. The van der Waals surface area contributed by atoms with Gasteiger partial charge in [-0.3, -0.25) is 9.52 Å². The zero-order chi connectivity index (χ0) is 30.7. The Balaban J connectivity index is 1.40. The van der Waals surface area contributed by atoms with Gasteiger partial charge in [0.2, 0.25) is 0 Å². The number of nitrogens with one attached hydrogen (secondary N) is 1. The van der Waals surface area contributed by atoms with Crippen molar-refractivity contribution in [2.24, 2.45) is 0 Å². The highest BCUT2D eigenvalue weighted by molar-refractivity contribution is 7.92. The first-order chi connectivity index (χ1) is 20.5. The molecule has 0 bridgehead atoms. The number of imidazole rings is 1. The van der Waals surface area contributed by atoms with E-state index in [0.29, 0.717) is 45.5 Å². The molecule has 0 aliphatic rings. The zero-order valence-electron chi connectivity index (χ0n) is 22.8. The van der Waals surface area contributed by atoms with Gasteiger partial charge in [-0.2, -0.15) is 0 Å². The lowest BCUT2D eigenvalue weighted by Crippen LogP contribution is -2.13. The van der Waals surface area contributed by atoms with Crippen LogP contribution in [0, 0.1) is 0 Å². The number of hydrogen-bond donors (Lipinski definition) is 2. The van der Waals surface area contributed by atoms with Crippen molar-refractivity contribution < 1.29 is 23.1 Å². The van der Waals surface area contributed by atoms with Gasteiger partial charge in [-0.05, 0) is 72.6 Å². The molecule has 0 aliphatic carbocycles. The Labute approximate surface area is 258 Å². The monoisotopic (exact) mass is 633 g/mol. The molecule has 0 aliphatic heterocycles. The van der Waals surface area contributed by atoms with Gasteiger partial charge in [-0.15, -0.1) is 0 Å². The number of anilines is 1. The first kappa shape index (κ1) is 30.0. The lowest BCUT2D eigenvalue weighted by atomic mass is 10.1. The van der Waals surface area contributed by atoms with E-state index in [1.165, 1.54) is 25.1 Å². The van der Waals surface area contributed by atoms with Gasteiger partial charge < -0.3 is 9.67 Å². The lowest BCUT2D eigenvalue weighted by molar-refractivity contribution is 0.0696. The summed E-state index contributed by atoms with van der Waals surface area (Å²) < 4.78 is 30.4. The highest BCUT2D eigenvalue weighted by atomic mass is 35.5. The highest BCUT2D eigenvalue weighted by Crippen LogP contribution is 2.31. The second-order valence-corrected chi connectivity index (χ2v) is 12.4. The molecule has 2 N–H and O–H groups in total. The van der Waals surface area contributed by atoms with Crippen molar-refractivity contribution in [3.05, 3.63) is 135 Å². The SMILES string of the molecule is CC(=O)c1cccc(S(=O)(=O)Nc2ccc(Cc3nc(-c4ccc(Cl)cc4Cl)cn3Cc3ccc(C(=O)O)cc3)cc2)c1. The number of ketones is 1. The highest BCUT2D eigenvalue weighted by Gasteiger charge is 2.17. The van der Waals surface area contributed by atoms with Crippen LogP contribution in [0.15, 0.2) is 102 Å². The number of benzene rings is 4. The van der Waals surface area contributed by atoms with E-state index >= 15 is 0 Å². The maximum absolute atomic E-state index is 12.9. The van der Waals surface area contributed by atoms with E-state index in [4.69, 9.17) is 28.2 Å². The number of carbonyl (C=O) groups is 2. The number of rotatable bonds is 10. The van der Waals surface area contributed by atoms with Crippen molar-refractivity contribution in [3.8, 4) is 11.3 Å². The summed E-state index contributed by atoms with van der Waals surface area (Å²) in [6.07, 6.45) is 2.30. The minimum Gasteiger partial charge on any atom is -0.478 e. The summed E-state index contributed by atoms with van der Waals surface area (Å²) >= 11 is 12.6. The Kier molecular flexibility index (Phi) is 8.68. The molecule has 8 nitrogen and oxygen atoms in total. The molecule has 4 aromatic carbocycles. The summed E-state index contributed by atoms with van der Waals surface area (Å²) in [6, 6.07) is 24.6. The minimum atomic E-state index is -3.90. The summed E-state index contributed by atoms with van der Waals surface area (Å²) in [5, 5.41) is 10.2. The third-order valence-electron chi connectivity index (χ3n) is 6.74. The average Bonchev–Trinajstić information content (AvgIpc) is 3.35. The maximum Gasteiger partial charge on any atom is 0.335 e. The summed E-state index contributed by atoms with van der Waals surface area (Å²) in [5.41, 5.74) is 4.00. The van der Waals surface area contributed by atoms with Crippen LogP contribution in [0.4, 0.5) is 5.69 Å². The van der Waals surface area contributed by atoms with E-state index in [0.717, 1.165) is 17.0 Å². The Hall–Kier alpha value is -4.44. The minimum absolute atomic E-state index is 0.00363. The number of halogens is 2. The molecule has 0 fully saturated rings. The molecule has 218 valence electrons. The third-order valence-corrected chi connectivity index (χ3v) is 8.67. The van der Waals surface area contributed by atoms with Gasteiger partial charge in [0, 0.05) is 41.0 Å². The number of aromatic carboxylic acids is 1. The first-order valence-corrected chi connectivity index (χ1v) is 15.3. The third kappa shape index (κ3) is 7.14. The van der Waals surface area contributed by atoms with E-state index in [1.807, 2.05) is 10.8 Å². The molecule has 0 radical (unpaired) electrons. The van der Waals surface area contributed by atoms with Gasteiger partial charge >= 0.3 is 5.97 Å². The molecule has 0 amide bonds. The normalized spacial score (nSPS) is 11.3. The van der Waals surface area contributed by atoms with Crippen molar-refractivity contribution in [3.63, 3.8) is 0 Å². The van der Waals surface area contributed by atoms with Crippen molar-refractivity contribution in [1.29, 1.82) is 0 Å². The second kappa shape index (κ2) is 12.4. The number of carboxylic acids is 1. The van der Waals surface area contributed by atoms with Gasteiger partial charge in [0.15, 0.2) is 5.78 Å². The van der Waals surface area contributed by atoms with Crippen molar-refractivity contribution in [2.45, 2.75) is 24.8 Å². The van der Waals surface area contributed by atoms with Crippen LogP contribution in [-0.2, 0) is 23.0 Å². The number of nitrogens with zero attached hydrogens (tertiary/aromatic N) is 2. The first-order valence-electron chi connectivity index (χ1n) is 13.0. The van der Waals surface area contributed by atoms with Crippen LogP contribution >= 0.6 is 23.2 Å². The smallest absolute Gasteiger partial charge is 0.335 e. The van der Waals surface area contributed by atoms with Gasteiger partial charge in [0.05, 0.1) is 21.2 Å². The van der Waals surface area contributed by atoms with Crippen molar-refractivity contribution in [2.75, 3.05) is 4.72 Å². The number of aromatic nitrogens is 2. The summed E-state index contributed by atoms with van der Waals surface area (Å²) in [7, 11) is -3.90. The van der Waals surface area contributed by atoms with Crippen LogP contribution in [0.25, 0.3) is 11.3 Å². The number of Topliss-reactive ketones (excluding diaryl/α,β-unsaturated/α-hetero) is 1. The van der Waals surface area contributed by atoms with Gasteiger partial charge in [-0.1, -0.05) is 59.6 Å². The fourth-order valence-corrected chi connectivity index (χ4v) is 6.09. The number of sulfonamides is 1. The molecule has 1 aromatic heterocycles. The largest absolute Gasteiger partial charge is 0.478 e. The van der Waals surface area contributed by atoms with Crippen molar-refractivity contribution >= 4 is 50.7 Å². The Morgan fingerprint density at radius 3 is 2.23 bits per heavy atom. The molecular weight excluding hydrogens is 609 g/mol. The standard InChI is InChI=1S/C32H25Cl2N3O5S/c1-20(38)24-3-2-4-27(16-24)43(41,42)36-26-12-7-21(8-13-26)15-31-35-30(28-14-11-25(33)17-29(28)34)19-37(31)18-22-5-9-23(10-6-22)32(39)40/h2-14,16-17,19,36H,15,18H2,1H3,(H,39,40). The molecule has 5 rings (SSSR count). The van der Waals surface area contributed by atoms with E-state index in [1.54, 1.807) is 72.8 Å². The Morgan fingerprint density at radius 1 is 0.884 bits per heavy atom. The van der Waals surface area contributed by atoms with Crippen LogP contribution in [0.1, 0.15) is 44.6 Å². The molecule has 0 atom stereocenters. The molecule has 11 heteroatoms. The number of carboxylic acid groups (broad SMARTS) is 1. The lowest BCUT2D eigenvalue weighted by Gasteiger charge is -2.11. The predicted octanol–water partition coefficient (Wildman–Crippen LogP) is 7.20. The molecule has 5 aromatic rings. The number of hydrogen-bond acceptors (Lipinski definition) is 5. The van der Waals surface area contributed by atoms with E-state index in [2.05, 4.69) is 4.72 Å². The average molecular weight is 635 g/mol. The topological polar surface area (TPSA) is 118 Å². The van der Waals surface area contributed by atoms with Gasteiger partial charge in [0.25, 0.3) is 10.0 Å². The fourth-order valence-electron chi connectivity index (χ4n) is 4.48. The Morgan fingerprint density at radius 2 is 1.58 bits per heavy atom. The molecule has 1 heterocycles. The zero-order valence-corrected chi connectivity index (χ0v) is 25.1. The molecule has 0 unspecified atom stereocenters. The fraction of sp³-hybridized carbons (Fsp3) is 0.0938. The van der Waals surface area contributed by atoms with Gasteiger partial charge in [-0.25, -0.2) is 18.2 Å². The van der Waals surface area contributed by atoms with Crippen molar-refractivity contribution in [1.82, 2.24) is 9.55 Å².